The van der Waals surface area contributed by atoms with Crippen molar-refractivity contribution in [1.29, 1.82) is 0 Å². The summed E-state index contributed by atoms with van der Waals surface area (Å²) < 4.78 is 0. The van der Waals surface area contributed by atoms with E-state index in [-0.39, 0.29) is 24.7 Å². The van der Waals surface area contributed by atoms with E-state index in [4.69, 9.17) is 0 Å². The Morgan fingerprint density at radius 3 is 1.38 bits per heavy atom. The van der Waals surface area contributed by atoms with Crippen LogP contribution in [0.3, 0.4) is 0 Å². The van der Waals surface area contributed by atoms with Crippen molar-refractivity contribution in [3.63, 3.8) is 0 Å². The van der Waals surface area contributed by atoms with E-state index in [0.717, 1.165) is 11.1 Å². The molecule has 2 rings (SSSR count). The highest BCUT2D eigenvalue weighted by Crippen LogP contribution is 2.00. The number of rotatable bonds is 7. The Kier molecular flexibility index (Phi) is 7.24. The minimum Gasteiger partial charge on any atom is -0.273 e. The van der Waals surface area contributed by atoms with E-state index in [2.05, 4.69) is 21.1 Å². The summed E-state index contributed by atoms with van der Waals surface area (Å²) in [5.41, 5.74) is 7.86. The molecule has 0 unspecified atom stereocenters. The molecule has 0 aromatic heterocycles. The van der Waals surface area contributed by atoms with E-state index in [0.29, 0.717) is 11.4 Å². The number of nitrogens with zero attached hydrogens (tertiary/aromatic N) is 2. The zero-order valence-electron chi connectivity index (χ0n) is 14.9. The molecule has 2 N–H and O–H groups in total. The van der Waals surface area contributed by atoms with Crippen molar-refractivity contribution in [2.75, 3.05) is 0 Å². The van der Waals surface area contributed by atoms with Crippen molar-refractivity contribution in [2.45, 2.75) is 26.7 Å². The first-order chi connectivity index (χ1) is 12.5. The van der Waals surface area contributed by atoms with Crippen LogP contribution in [0, 0.1) is 0 Å². The molecule has 2 aromatic rings. The topological polar surface area (TPSA) is 82.9 Å². The average molecular weight is 350 g/mol. The molecule has 0 bridgehead atoms. The molecule has 2 amide bonds. The molecule has 6 heteroatoms. The highest BCUT2D eigenvalue weighted by molar-refractivity contribution is 6.40. The Morgan fingerprint density at radius 1 is 0.692 bits per heavy atom. The van der Waals surface area contributed by atoms with Gasteiger partial charge in [-0.1, -0.05) is 60.7 Å². The lowest BCUT2D eigenvalue weighted by Crippen LogP contribution is -2.25. The molecule has 0 spiro atoms. The molecule has 6 nitrogen and oxygen atoms in total. The standard InChI is InChI=1S/C20H22N4O2/c1-15(21-23-19(25)13-17-9-5-3-6-10-17)16(2)22-24-20(26)14-18-11-7-4-8-12-18/h3-12H,13-14H2,1-2H3,(H,23,25)(H,24,26)/b21-15-,22-16-. The summed E-state index contributed by atoms with van der Waals surface area (Å²) in [5, 5.41) is 8.03. The number of hydrogen-bond acceptors (Lipinski definition) is 4. The van der Waals surface area contributed by atoms with Gasteiger partial charge in [0, 0.05) is 0 Å². The molecule has 0 saturated heterocycles. The summed E-state index contributed by atoms with van der Waals surface area (Å²) in [6.45, 7) is 3.43. The second kappa shape index (κ2) is 9.88. The van der Waals surface area contributed by atoms with E-state index < -0.39 is 0 Å². The van der Waals surface area contributed by atoms with Gasteiger partial charge in [0.05, 0.1) is 24.3 Å². The Labute approximate surface area is 153 Å². The Morgan fingerprint density at radius 2 is 1.04 bits per heavy atom. The summed E-state index contributed by atoms with van der Waals surface area (Å²) in [7, 11) is 0. The van der Waals surface area contributed by atoms with Crippen LogP contribution in [0.4, 0.5) is 0 Å². The van der Waals surface area contributed by atoms with Gasteiger partial charge in [0.1, 0.15) is 0 Å². The molecule has 0 aliphatic carbocycles. The summed E-state index contributed by atoms with van der Waals surface area (Å²) in [4.78, 5) is 23.8. The van der Waals surface area contributed by atoms with Crippen molar-refractivity contribution in [1.82, 2.24) is 10.9 Å². The third-order valence-corrected chi connectivity index (χ3v) is 3.64. The van der Waals surface area contributed by atoms with E-state index >= 15 is 0 Å². The second-order valence-corrected chi connectivity index (χ2v) is 5.79. The van der Waals surface area contributed by atoms with Crippen LogP contribution in [0.25, 0.3) is 0 Å². The third-order valence-electron chi connectivity index (χ3n) is 3.64. The zero-order chi connectivity index (χ0) is 18.8. The highest BCUT2D eigenvalue weighted by atomic mass is 16.2. The summed E-state index contributed by atoms with van der Waals surface area (Å²) in [6, 6.07) is 18.8. The number of hydrogen-bond donors (Lipinski definition) is 2. The second-order valence-electron chi connectivity index (χ2n) is 5.79. The molecular formula is C20H22N4O2. The quantitative estimate of drug-likeness (QED) is 0.594. The predicted molar refractivity (Wildman–Crippen MR) is 103 cm³/mol. The van der Waals surface area contributed by atoms with E-state index in [1.165, 1.54) is 0 Å². The first kappa shape index (κ1) is 19.1. The highest BCUT2D eigenvalue weighted by Gasteiger charge is 2.05. The van der Waals surface area contributed by atoms with Crippen LogP contribution in [-0.2, 0) is 22.4 Å². The number of amides is 2. The third kappa shape index (κ3) is 6.68. The maximum atomic E-state index is 11.9. The van der Waals surface area contributed by atoms with Gasteiger partial charge >= 0.3 is 0 Å². The Hall–Kier alpha value is -3.28. The molecular weight excluding hydrogens is 328 g/mol. The molecule has 0 radical (unpaired) electrons. The van der Waals surface area contributed by atoms with E-state index in [9.17, 15) is 9.59 Å². The van der Waals surface area contributed by atoms with Gasteiger partial charge in [-0.3, -0.25) is 9.59 Å². The van der Waals surface area contributed by atoms with Gasteiger partial charge < -0.3 is 0 Å². The lowest BCUT2D eigenvalue weighted by molar-refractivity contribution is -0.121. The van der Waals surface area contributed by atoms with Gasteiger partial charge in [0.2, 0.25) is 11.8 Å². The molecule has 0 aliphatic heterocycles. The SMILES string of the molecule is CC(=N/NC(=O)Cc1ccccc1)/C(C)=N\NC(=O)Cc1ccccc1. The van der Waals surface area contributed by atoms with Crippen LogP contribution in [-0.4, -0.2) is 23.2 Å². The number of benzene rings is 2. The number of carbonyl (C=O) groups excluding carboxylic acids is 2. The molecule has 0 aliphatic rings. The lowest BCUT2D eigenvalue weighted by Gasteiger charge is -2.04. The number of nitrogens with one attached hydrogen (secondary N) is 2. The maximum absolute atomic E-state index is 11.9. The monoisotopic (exact) mass is 350 g/mol. The van der Waals surface area contributed by atoms with Crippen LogP contribution in [0.1, 0.15) is 25.0 Å². The first-order valence-corrected chi connectivity index (χ1v) is 8.29. The fourth-order valence-electron chi connectivity index (χ4n) is 2.10. The van der Waals surface area contributed by atoms with Crippen molar-refractivity contribution in [3.05, 3.63) is 71.8 Å². The molecule has 134 valence electrons. The first-order valence-electron chi connectivity index (χ1n) is 8.29. The summed E-state index contributed by atoms with van der Waals surface area (Å²) in [6.07, 6.45) is 0.503. The summed E-state index contributed by atoms with van der Waals surface area (Å²) >= 11 is 0. The molecule has 2 aromatic carbocycles. The van der Waals surface area contributed by atoms with Crippen molar-refractivity contribution in [3.8, 4) is 0 Å². The normalized spacial score (nSPS) is 11.8. The van der Waals surface area contributed by atoms with Crippen molar-refractivity contribution in [2.24, 2.45) is 10.2 Å². The van der Waals surface area contributed by atoms with Gasteiger partial charge in [-0.15, -0.1) is 0 Å². The van der Waals surface area contributed by atoms with Crippen LogP contribution in [0.15, 0.2) is 70.9 Å². The molecule has 0 heterocycles. The van der Waals surface area contributed by atoms with Gasteiger partial charge in [-0.25, -0.2) is 10.9 Å². The molecule has 26 heavy (non-hydrogen) atoms. The average Bonchev–Trinajstić information content (AvgIpc) is 2.65. The van der Waals surface area contributed by atoms with Crippen molar-refractivity contribution < 1.29 is 9.59 Å². The van der Waals surface area contributed by atoms with E-state index in [1.807, 2.05) is 60.7 Å². The van der Waals surface area contributed by atoms with Crippen molar-refractivity contribution >= 4 is 23.2 Å². The van der Waals surface area contributed by atoms with Crippen LogP contribution in [0.2, 0.25) is 0 Å². The lowest BCUT2D eigenvalue weighted by atomic mass is 10.1. The smallest absolute Gasteiger partial charge is 0.244 e. The van der Waals surface area contributed by atoms with Crippen LogP contribution in [0.5, 0.6) is 0 Å². The van der Waals surface area contributed by atoms with E-state index in [1.54, 1.807) is 13.8 Å². The largest absolute Gasteiger partial charge is 0.273 e. The zero-order valence-corrected chi connectivity index (χ0v) is 14.9. The number of hydrazone groups is 2. The van der Waals surface area contributed by atoms with Gasteiger partial charge in [-0.2, -0.15) is 10.2 Å². The van der Waals surface area contributed by atoms with Crippen LogP contribution < -0.4 is 10.9 Å². The Bertz CT molecular complexity index is 730. The van der Waals surface area contributed by atoms with Gasteiger partial charge in [0.25, 0.3) is 0 Å². The minimum absolute atomic E-state index is 0.212. The molecule has 0 saturated carbocycles. The number of carbonyl (C=O) groups is 2. The fourth-order valence-corrected chi connectivity index (χ4v) is 2.10. The molecule has 0 fully saturated rings. The predicted octanol–water partition coefficient (Wildman–Crippen LogP) is 2.46. The summed E-state index contributed by atoms with van der Waals surface area (Å²) in [5.74, 6) is -0.423. The molecule has 0 atom stereocenters. The fraction of sp³-hybridized carbons (Fsp3) is 0.200. The van der Waals surface area contributed by atoms with Crippen LogP contribution >= 0.6 is 0 Å². The maximum Gasteiger partial charge on any atom is 0.244 e. The van der Waals surface area contributed by atoms with Gasteiger partial charge in [-0.05, 0) is 25.0 Å². The minimum atomic E-state index is -0.212. The van der Waals surface area contributed by atoms with Gasteiger partial charge in [0.15, 0.2) is 0 Å². The Balaban J connectivity index is 1.82.